The van der Waals surface area contributed by atoms with Gasteiger partial charge in [0.1, 0.15) is 0 Å². The first-order valence-electron chi connectivity index (χ1n) is 4.10. The average Bonchev–Trinajstić information content (AvgIpc) is 1.76. The third-order valence-electron chi connectivity index (χ3n) is 2.34. The van der Waals surface area contributed by atoms with Gasteiger partial charge >= 0.3 is 0 Å². The molecule has 0 aromatic carbocycles. The molecule has 1 unspecified atom stereocenters. The minimum Gasteiger partial charge on any atom is -0.375 e. The van der Waals surface area contributed by atoms with Crippen molar-refractivity contribution in [1.82, 2.24) is 5.32 Å². The Morgan fingerprint density at radius 3 is 2.09 bits per heavy atom. The quantitative estimate of drug-likeness (QED) is 0.724. The van der Waals surface area contributed by atoms with E-state index in [0.717, 1.165) is 31.3 Å². The number of nitrogens with one attached hydrogen (secondary N) is 1. The molecule has 1 aliphatic rings. The number of hydrogen-bond donors (Lipinski definition) is 1. The summed E-state index contributed by atoms with van der Waals surface area (Å²) >= 11 is 0. The molecule has 1 aliphatic heterocycles. The van der Waals surface area contributed by atoms with Gasteiger partial charge in [0, 0.05) is 32.7 Å². The minimum absolute atomic E-state index is 0. The fourth-order valence-corrected chi connectivity index (χ4v) is 1.54. The van der Waals surface area contributed by atoms with Crippen molar-refractivity contribution in [1.29, 1.82) is 0 Å². The summed E-state index contributed by atoms with van der Waals surface area (Å²) in [6, 6.07) is 0. The first-order chi connectivity index (χ1) is 4.75. The first-order valence-corrected chi connectivity index (χ1v) is 4.10. The molecule has 0 aromatic rings. The molecule has 0 saturated carbocycles. The molecular weight excluding hydrogens is 211 g/mol. The van der Waals surface area contributed by atoms with E-state index in [4.69, 9.17) is 0 Å². The monoisotopic (exact) mass is 228 g/mol. The van der Waals surface area contributed by atoms with E-state index in [2.05, 4.69) is 26.1 Å². The van der Waals surface area contributed by atoms with Crippen molar-refractivity contribution in [2.45, 2.75) is 20.3 Å². The van der Waals surface area contributed by atoms with Gasteiger partial charge in [-0.25, -0.2) is 6.42 Å². The van der Waals surface area contributed by atoms with Gasteiger partial charge in [0.05, 0.1) is 0 Å². The third-order valence-corrected chi connectivity index (χ3v) is 2.34. The van der Waals surface area contributed by atoms with E-state index in [0.29, 0.717) is 0 Å². The molecule has 1 nitrogen and oxygen atoms in total. The topological polar surface area (TPSA) is 12.0 Å². The van der Waals surface area contributed by atoms with Crippen LogP contribution < -0.4 is 5.32 Å². The van der Waals surface area contributed by atoms with E-state index in [-0.39, 0.29) is 32.7 Å². The molecular formula is C9H17NY-2. The molecule has 1 rings (SSSR count). The van der Waals surface area contributed by atoms with Gasteiger partial charge in [0.25, 0.3) is 0 Å². The van der Waals surface area contributed by atoms with Gasteiger partial charge in [-0.1, -0.05) is 19.8 Å². The molecule has 1 saturated heterocycles. The predicted octanol–water partition coefficient (Wildman–Crippen LogP) is 1.66. The molecule has 1 radical (unpaired) electrons. The van der Waals surface area contributed by atoms with Gasteiger partial charge in [-0.2, -0.15) is 5.92 Å². The Labute approximate surface area is 95.6 Å². The third kappa shape index (κ3) is 3.12. The normalized spacial score (nSPS) is 20.7. The van der Waals surface area contributed by atoms with Gasteiger partial charge in [-0.15, -0.1) is 13.1 Å². The predicted molar refractivity (Wildman–Crippen MR) is 44.4 cm³/mol. The van der Waals surface area contributed by atoms with E-state index >= 15 is 0 Å². The molecule has 1 fully saturated rings. The summed E-state index contributed by atoms with van der Waals surface area (Å²) in [5, 5.41) is 3.27. The second kappa shape index (κ2) is 5.67. The smallest absolute Gasteiger partial charge is 0 e. The Balaban J connectivity index is 0.000001000. The van der Waals surface area contributed by atoms with Crippen molar-refractivity contribution in [3.63, 3.8) is 0 Å². The van der Waals surface area contributed by atoms with Crippen molar-refractivity contribution >= 4 is 0 Å². The summed E-state index contributed by atoms with van der Waals surface area (Å²) in [6.45, 7) is 10.8. The van der Waals surface area contributed by atoms with Crippen LogP contribution in [0.25, 0.3) is 0 Å². The molecule has 0 amide bonds. The van der Waals surface area contributed by atoms with Crippen LogP contribution in [0, 0.1) is 24.7 Å². The van der Waals surface area contributed by atoms with E-state index in [1.807, 2.05) is 0 Å². The first kappa shape index (κ1) is 12.1. The molecule has 0 aromatic heterocycles. The summed E-state index contributed by atoms with van der Waals surface area (Å²) in [7, 11) is 0. The minimum atomic E-state index is 0. The van der Waals surface area contributed by atoms with E-state index < -0.39 is 0 Å². The van der Waals surface area contributed by atoms with Gasteiger partial charge in [0.2, 0.25) is 0 Å². The Morgan fingerprint density at radius 1 is 1.45 bits per heavy atom. The molecule has 2 heteroatoms. The van der Waals surface area contributed by atoms with Crippen LogP contribution in [-0.2, 0) is 32.7 Å². The summed E-state index contributed by atoms with van der Waals surface area (Å²) in [5.41, 5.74) is 0. The number of hydrogen-bond acceptors (Lipinski definition) is 1. The van der Waals surface area contributed by atoms with Gasteiger partial charge in [0.15, 0.2) is 0 Å². The zero-order chi connectivity index (χ0) is 7.56. The average molecular weight is 228 g/mol. The summed E-state index contributed by atoms with van der Waals surface area (Å²) in [6.07, 6.45) is 1.06. The Kier molecular flexibility index (Phi) is 6.21. The van der Waals surface area contributed by atoms with Crippen molar-refractivity contribution < 1.29 is 32.7 Å². The van der Waals surface area contributed by atoms with Gasteiger partial charge < -0.3 is 12.2 Å². The van der Waals surface area contributed by atoms with Gasteiger partial charge in [-0.3, -0.25) is 5.92 Å². The fraction of sp³-hybridized carbons (Fsp3) is 0.778. The Hall–Kier alpha value is 1.06. The Bertz CT molecular complexity index is 99.7. The van der Waals surface area contributed by atoms with Crippen LogP contribution >= 0.6 is 0 Å². The second-order valence-electron chi connectivity index (χ2n) is 3.40. The molecule has 0 aliphatic carbocycles. The largest absolute Gasteiger partial charge is 0.375 e. The van der Waals surface area contributed by atoms with Crippen molar-refractivity contribution in [2.75, 3.05) is 13.1 Å². The molecule has 1 N–H and O–H groups in total. The maximum absolute atomic E-state index is 3.96. The van der Waals surface area contributed by atoms with E-state index in [1.165, 1.54) is 0 Å². The number of rotatable bonds is 3. The molecule has 0 bridgehead atoms. The van der Waals surface area contributed by atoms with Crippen LogP contribution in [0.2, 0.25) is 0 Å². The molecule has 1 heterocycles. The van der Waals surface area contributed by atoms with Crippen LogP contribution in [0.1, 0.15) is 20.3 Å². The SMILES string of the molecule is [CH2-]CC([C-]1CNC1)C(C)C.[Y]. The summed E-state index contributed by atoms with van der Waals surface area (Å²) in [5.74, 6) is 3.21. The summed E-state index contributed by atoms with van der Waals surface area (Å²) in [4.78, 5) is 0. The fourth-order valence-electron chi connectivity index (χ4n) is 1.54. The maximum Gasteiger partial charge on any atom is 0 e. The standard InChI is InChI=1S/C9H17N.Y/c1-4-9(7(2)3)8-5-10-6-8;/h7,9-10H,1,4-6H2,2-3H3;/q-2;. The second-order valence-corrected chi connectivity index (χ2v) is 3.40. The molecule has 1 atom stereocenters. The van der Waals surface area contributed by atoms with Crippen LogP contribution in [0.15, 0.2) is 0 Å². The van der Waals surface area contributed by atoms with Crippen LogP contribution in [-0.4, -0.2) is 13.1 Å². The zero-order valence-corrected chi connectivity index (χ0v) is 10.4. The zero-order valence-electron chi connectivity index (χ0n) is 7.56. The molecule has 11 heavy (non-hydrogen) atoms. The Morgan fingerprint density at radius 2 is 2.00 bits per heavy atom. The van der Waals surface area contributed by atoms with E-state index in [9.17, 15) is 0 Å². The molecule has 63 valence electrons. The summed E-state index contributed by atoms with van der Waals surface area (Å²) < 4.78 is 0. The maximum atomic E-state index is 3.96. The van der Waals surface area contributed by atoms with E-state index in [1.54, 1.807) is 5.92 Å². The van der Waals surface area contributed by atoms with Crippen LogP contribution in [0.4, 0.5) is 0 Å². The van der Waals surface area contributed by atoms with Crippen molar-refractivity contribution in [2.24, 2.45) is 11.8 Å². The van der Waals surface area contributed by atoms with Gasteiger partial charge in [-0.05, 0) is 0 Å². The molecule has 0 spiro atoms. The van der Waals surface area contributed by atoms with Crippen LogP contribution in [0.5, 0.6) is 0 Å². The van der Waals surface area contributed by atoms with Crippen molar-refractivity contribution in [3.8, 4) is 0 Å². The van der Waals surface area contributed by atoms with Crippen LogP contribution in [0.3, 0.4) is 0 Å². The van der Waals surface area contributed by atoms with Crippen molar-refractivity contribution in [3.05, 3.63) is 12.8 Å².